The molecule has 2 saturated heterocycles. The van der Waals surface area contributed by atoms with Crippen molar-refractivity contribution in [2.24, 2.45) is 0 Å². The van der Waals surface area contributed by atoms with E-state index in [1.54, 1.807) is 11.1 Å². The maximum absolute atomic E-state index is 13.1. The first-order valence-corrected chi connectivity index (χ1v) is 11.5. The molecular formula is C25H28N4O4. The Balaban J connectivity index is 1.31. The smallest absolute Gasteiger partial charge is 0.289 e. The van der Waals surface area contributed by atoms with Gasteiger partial charge >= 0.3 is 0 Å². The van der Waals surface area contributed by atoms with Crippen LogP contribution in [0, 0.1) is 13.8 Å². The number of ether oxygens (including phenoxy) is 1. The molecule has 33 heavy (non-hydrogen) atoms. The first-order valence-electron chi connectivity index (χ1n) is 11.5. The molecule has 5 rings (SSSR count). The van der Waals surface area contributed by atoms with E-state index in [2.05, 4.69) is 9.97 Å². The molecule has 2 aliphatic rings. The maximum Gasteiger partial charge on any atom is 0.289 e. The van der Waals surface area contributed by atoms with Crippen LogP contribution in [0.2, 0.25) is 0 Å². The second-order valence-corrected chi connectivity index (χ2v) is 8.87. The second-order valence-electron chi connectivity index (χ2n) is 8.87. The zero-order valence-electron chi connectivity index (χ0n) is 19.0. The van der Waals surface area contributed by atoms with E-state index in [9.17, 15) is 9.59 Å². The number of carbonyl (C=O) groups excluding carboxylic acids is 2. The lowest BCUT2D eigenvalue weighted by Crippen LogP contribution is -2.41. The maximum atomic E-state index is 13.1. The second kappa shape index (κ2) is 8.94. The number of hydrogen-bond donors (Lipinski definition) is 0. The van der Waals surface area contributed by atoms with E-state index in [0.29, 0.717) is 62.2 Å². The van der Waals surface area contributed by atoms with E-state index in [1.165, 1.54) is 0 Å². The molecule has 172 valence electrons. The largest absolute Gasteiger partial charge is 0.451 e. The van der Waals surface area contributed by atoms with E-state index >= 15 is 0 Å². The van der Waals surface area contributed by atoms with Crippen LogP contribution in [-0.2, 0) is 4.74 Å². The van der Waals surface area contributed by atoms with Crippen LogP contribution in [0.1, 0.15) is 56.8 Å². The summed E-state index contributed by atoms with van der Waals surface area (Å²) in [6.45, 7) is 7.36. The average Bonchev–Trinajstić information content (AvgIpc) is 3.27. The van der Waals surface area contributed by atoms with Gasteiger partial charge in [0.25, 0.3) is 11.8 Å². The molecule has 8 heteroatoms. The molecule has 2 fully saturated rings. The van der Waals surface area contributed by atoms with Crippen LogP contribution in [0.3, 0.4) is 0 Å². The standard InChI is InChI=1S/C25H28N4O4/c1-16-5-6-21-19(12-16)13-22(33-21)25(31)29-7-3-4-18(15-29)23-26-14-20(17(2)27-23)24(30)28-8-10-32-11-9-28/h5-6,12-14,18H,3-4,7-11,15H2,1-2H3/t18-/m1/s1. The first kappa shape index (κ1) is 21.6. The average molecular weight is 449 g/mol. The minimum Gasteiger partial charge on any atom is -0.451 e. The Morgan fingerprint density at radius 3 is 2.64 bits per heavy atom. The number of carbonyl (C=O) groups is 2. The Labute approximate surface area is 192 Å². The zero-order valence-corrected chi connectivity index (χ0v) is 19.0. The van der Waals surface area contributed by atoms with E-state index in [-0.39, 0.29) is 17.7 Å². The number of hydrogen-bond acceptors (Lipinski definition) is 6. The number of aromatic nitrogens is 2. The Morgan fingerprint density at radius 1 is 1.03 bits per heavy atom. The number of aryl methyl sites for hydroxylation is 2. The fourth-order valence-corrected chi connectivity index (χ4v) is 4.62. The van der Waals surface area contributed by atoms with Gasteiger partial charge in [-0.1, -0.05) is 11.6 Å². The van der Waals surface area contributed by atoms with Crippen LogP contribution >= 0.6 is 0 Å². The lowest BCUT2D eigenvalue weighted by atomic mass is 9.96. The number of nitrogens with zero attached hydrogens (tertiary/aromatic N) is 4. The van der Waals surface area contributed by atoms with Gasteiger partial charge in [-0.3, -0.25) is 9.59 Å². The highest BCUT2D eigenvalue weighted by atomic mass is 16.5. The summed E-state index contributed by atoms with van der Waals surface area (Å²) >= 11 is 0. The number of morpholine rings is 1. The summed E-state index contributed by atoms with van der Waals surface area (Å²) in [6.07, 6.45) is 3.41. The van der Waals surface area contributed by atoms with Crippen molar-refractivity contribution in [1.82, 2.24) is 19.8 Å². The zero-order chi connectivity index (χ0) is 22.9. The fourth-order valence-electron chi connectivity index (χ4n) is 4.62. The molecule has 2 aliphatic heterocycles. The Kier molecular flexibility index (Phi) is 5.85. The van der Waals surface area contributed by atoms with Gasteiger partial charge in [-0.2, -0.15) is 0 Å². The van der Waals surface area contributed by atoms with E-state index in [0.717, 1.165) is 29.4 Å². The monoisotopic (exact) mass is 448 g/mol. The predicted octanol–water partition coefficient (Wildman–Crippen LogP) is 3.33. The molecule has 2 amide bonds. The molecule has 0 radical (unpaired) electrons. The van der Waals surface area contributed by atoms with Crippen molar-refractivity contribution in [2.75, 3.05) is 39.4 Å². The number of rotatable bonds is 3. The molecule has 1 atom stereocenters. The number of benzene rings is 1. The van der Waals surface area contributed by atoms with Gasteiger partial charge < -0.3 is 19.0 Å². The van der Waals surface area contributed by atoms with Crippen LogP contribution < -0.4 is 0 Å². The highest BCUT2D eigenvalue weighted by Crippen LogP contribution is 2.28. The summed E-state index contributed by atoms with van der Waals surface area (Å²) in [5.74, 6) is 0.913. The number of piperidine rings is 1. The third kappa shape index (κ3) is 4.35. The molecule has 2 aromatic heterocycles. The first-order chi connectivity index (χ1) is 16.0. The number of furan rings is 1. The quantitative estimate of drug-likeness (QED) is 0.611. The van der Waals surface area contributed by atoms with Crippen molar-refractivity contribution in [1.29, 1.82) is 0 Å². The van der Waals surface area contributed by atoms with E-state index in [4.69, 9.17) is 9.15 Å². The number of likely N-dealkylation sites (tertiary alicyclic amines) is 1. The van der Waals surface area contributed by atoms with E-state index < -0.39 is 0 Å². The van der Waals surface area contributed by atoms with Crippen LogP contribution in [0.25, 0.3) is 11.0 Å². The van der Waals surface area contributed by atoms with Crippen LogP contribution in [0.4, 0.5) is 0 Å². The van der Waals surface area contributed by atoms with Gasteiger partial charge in [0.1, 0.15) is 11.4 Å². The van der Waals surface area contributed by atoms with Crippen molar-refractivity contribution in [3.05, 3.63) is 58.9 Å². The molecule has 0 spiro atoms. The molecule has 1 aromatic carbocycles. The normalized spacial score (nSPS) is 19.2. The molecule has 0 N–H and O–H groups in total. The fraction of sp³-hybridized carbons (Fsp3) is 0.440. The van der Waals surface area contributed by atoms with Gasteiger partial charge in [0.15, 0.2) is 5.76 Å². The third-order valence-electron chi connectivity index (χ3n) is 6.48. The van der Waals surface area contributed by atoms with Crippen molar-refractivity contribution >= 4 is 22.8 Å². The van der Waals surface area contributed by atoms with Crippen LogP contribution in [0.15, 0.2) is 34.9 Å². The van der Waals surface area contributed by atoms with Gasteiger partial charge in [-0.05, 0) is 44.9 Å². The minimum atomic E-state index is -0.107. The van der Waals surface area contributed by atoms with E-state index in [1.807, 2.05) is 43.0 Å². The molecule has 0 aliphatic carbocycles. The third-order valence-corrected chi connectivity index (χ3v) is 6.48. The summed E-state index contributed by atoms with van der Waals surface area (Å²) in [4.78, 5) is 38.8. The summed E-state index contributed by atoms with van der Waals surface area (Å²) in [6, 6.07) is 7.72. The van der Waals surface area contributed by atoms with Crippen molar-refractivity contribution < 1.29 is 18.7 Å². The van der Waals surface area contributed by atoms with Gasteiger partial charge in [0, 0.05) is 43.7 Å². The van der Waals surface area contributed by atoms with Crippen molar-refractivity contribution in [3.63, 3.8) is 0 Å². The molecule has 0 bridgehead atoms. The van der Waals surface area contributed by atoms with Gasteiger partial charge in [0.2, 0.25) is 0 Å². The van der Waals surface area contributed by atoms with Gasteiger partial charge in [0.05, 0.1) is 24.5 Å². The molecule has 0 unspecified atom stereocenters. The lowest BCUT2D eigenvalue weighted by Gasteiger charge is -2.31. The highest BCUT2D eigenvalue weighted by molar-refractivity contribution is 5.96. The SMILES string of the molecule is Cc1ccc2oc(C(=O)N3CCC[C@@H](c4ncc(C(=O)N5CCOCC5)c(C)n4)C3)cc2c1. The topological polar surface area (TPSA) is 88.8 Å². The van der Waals surface area contributed by atoms with Crippen LogP contribution in [0.5, 0.6) is 0 Å². The van der Waals surface area contributed by atoms with Gasteiger partial charge in [-0.25, -0.2) is 9.97 Å². The molecule has 4 heterocycles. The minimum absolute atomic E-state index is 0.0283. The van der Waals surface area contributed by atoms with Crippen molar-refractivity contribution in [2.45, 2.75) is 32.6 Å². The Bertz CT molecular complexity index is 1200. The molecule has 0 saturated carbocycles. The number of fused-ring (bicyclic) bond motifs is 1. The molecular weight excluding hydrogens is 420 g/mol. The summed E-state index contributed by atoms with van der Waals surface area (Å²) in [7, 11) is 0. The number of amides is 2. The highest BCUT2D eigenvalue weighted by Gasteiger charge is 2.30. The Morgan fingerprint density at radius 2 is 1.85 bits per heavy atom. The molecule has 8 nitrogen and oxygen atoms in total. The summed E-state index contributed by atoms with van der Waals surface area (Å²) in [5.41, 5.74) is 3.05. The van der Waals surface area contributed by atoms with Crippen LogP contribution in [-0.4, -0.2) is 71.0 Å². The van der Waals surface area contributed by atoms with Crippen molar-refractivity contribution in [3.8, 4) is 0 Å². The lowest BCUT2D eigenvalue weighted by molar-refractivity contribution is 0.0301. The van der Waals surface area contributed by atoms with Gasteiger partial charge in [-0.15, -0.1) is 0 Å². The molecule has 3 aromatic rings. The Hall–Kier alpha value is -3.26. The predicted molar refractivity (Wildman–Crippen MR) is 122 cm³/mol. The summed E-state index contributed by atoms with van der Waals surface area (Å²) < 4.78 is 11.2. The summed E-state index contributed by atoms with van der Waals surface area (Å²) in [5, 5.41) is 0.936.